The van der Waals surface area contributed by atoms with E-state index in [1.165, 1.54) is 26.4 Å². The van der Waals surface area contributed by atoms with Crippen LogP contribution in [0.5, 0.6) is 0 Å². The SMILES string of the molecule is CNC1CCCCC1OCc1ccc(C(=O)OC)cc1. The summed E-state index contributed by atoms with van der Waals surface area (Å²) in [6.45, 7) is 0.588. The quantitative estimate of drug-likeness (QED) is 0.840. The molecule has 0 spiro atoms. The van der Waals surface area contributed by atoms with Crippen molar-refractivity contribution in [2.45, 2.75) is 44.4 Å². The number of esters is 1. The summed E-state index contributed by atoms with van der Waals surface area (Å²) in [5, 5.41) is 3.34. The lowest BCUT2D eigenvalue weighted by Crippen LogP contribution is -2.41. The molecular formula is C16H23NO3. The van der Waals surface area contributed by atoms with E-state index in [-0.39, 0.29) is 12.1 Å². The first-order valence-electron chi connectivity index (χ1n) is 7.20. The first-order chi connectivity index (χ1) is 9.74. The molecule has 0 saturated heterocycles. The van der Waals surface area contributed by atoms with E-state index in [2.05, 4.69) is 10.1 Å². The molecule has 0 radical (unpaired) electrons. The Morgan fingerprint density at radius 1 is 1.25 bits per heavy atom. The maximum absolute atomic E-state index is 11.4. The Hall–Kier alpha value is -1.39. The fourth-order valence-electron chi connectivity index (χ4n) is 2.68. The molecule has 2 unspecified atom stereocenters. The van der Waals surface area contributed by atoms with Crippen LogP contribution in [0.3, 0.4) is 0 Å². The molecule has 1 N–H and O–H groups in total. The van der Waals surface area contributed by atoms with Crippen molar-refractivity contribution in [3.05, 3.63) is 35.4 Å². The third-order valence-electron chi connectivity index (χ3n) is 3.91. The molecule has 0 aromatic heterocycles. The number of hydrogen-bond donors (Lipinski definition) is 1. The molecule has 110 valence electrons. The molecule has 2 atom stereocenters. The Morgan fingerprint density at radius 3 is 2.60 bits per heavy atom. The predicted molar refractivity (Wildman–Crippen MR) is 77.7 cm³/mol. The fraction of sp³-hybridized carbons (Fsp3) is 0.562. The maximum atomic E-state index is 11.4. The van der Waals surface area contributed by atoms with Gasteiger partial charge in [-0.2, -0.15) is 0 Å². The Morgan fingerprint density at radius 2 is 1.95 bits per heavy atom. The number of methoxy groups -OCH3 is 1. The van der Waals surface area contributed by atoms with Gasteiger partial charge in [0, 0.05) is 6.04 Å². The summed E-state index contributed by atoms with van der Waals surface area (Å²) in [6, 6.07) is 7.85. The minimum Gasteiger partial charge on any atom is -0.465 e. The molecule has 1 aliphatic rings. The topological polar surface area (TPSA) is 47.6 Å². The predicted octanol–water partition coefficient (Wildman–Crippen LogP) is 2.52. The van der Waals surface area contributed by atoms with E-state index < -0.39 is 0 Å². The van der Waals surface area contributed by atoms with Crippen molar-refractivity contribution < 1.29 is 14.3 Å². The van der Waals surface area contributed by atoms with Crippen LogP contribution in [0.2, 0.25) is 0 Å². The zero-order chi connectivity index (χ0) is 14.4. The summed E-state index contributed by atoms with van der Waals surface area (Å²) >= 11 is 0. The highest BCUT2D eigenvalue weighted by Gasteiger charge is 2.24. The van der Waals surface area contributed by atoms with Crippen LogP contribution in [0, 0.1) is 0 Å². The Labute approximate surface area is 120 Å². The third-order valence-corrected chi connectivity index (χ3v) is 3.91. The van der Waals surface area contributed by atoms with Gasteiger partial charge in [-0.25, -0.2) is 4.79 Å². The number of benzene rings is 1. The van der Waals surface area contributed by atoms with E-state index in [4.69, 9.17) is 4.74 Å². The number of rotatable bonds is 5. The molecule has 0 heterocycles. The second kappa shape index (κ2) is 7.41. The molecule has 1 aliphatic carbocycles. The van der Waals surface area contributed by atoms with Crippen LogP contribution < -0.4 is 5.32 Å². The molecule has 20 heavy (non-hydrogen) atoms. The van der Waals surface area contributed by atoms with Gasteiger partial charge in [-0.3, -0.25) is 0 Å². The average molecular weight is 277 g/mol. The molecular weight excluding hydrogens is 254 g/mol. The van der Waals surface area contributed by atoms with E-state index in [1.807, 2.05) is 19.2 Å². The van der Waals surface area contributed by atoms with Crippen molar-refractivity contribution in [3.63, 3.8) is 0 Å². The van der Waals surface area contributed by atoms with Gasteiger partial charge in [0.2, 0.25) is 0 Å². The summed E-state index contributed by atoms with van der Waals surface area (Å²) in [5.41, 5.74) is 1.65. The van der Waals surface area contributed by atoms with Crippen LogP contribution in [0.1, 0.15) is 41.6 Å². The lowest BCUT2D eigenvalue weighted by molar-refractivity contribution is -0.00362. The highest BCUT2D eigenvalue weighted by molar-refractivity contribution is 5.89. The van der Waals surface area contributed by atoms with Crippen LogP contribution in [-0.4, -0.2) is 32.3 Å². The van der Waals surface area contributed by atoms with Crippen molar-refractivity contribution in [2.75, 3.05) is 14.2 Å². The van der Waals surface area contributed by atoms with Gasteiger partial charge in [-0.1, -0.05) is 25.0 Å². The Balaban J connectivity index is 1.88. The van der Waals surface area contributed by atoms with Crippen molar-refractivity contribution in [1.82, 2.24) is 5.32 Å². The highest BCUT2D eigenvalue weighted by Crippen LogP contribution is 2.22. The van der Waals surface area contributed by atoms with Crippen LogP contribution >= 0.6 is 0 Å². The summed E-state index contributed by atoms with van der Waals surface area (Å²) < 4.78 is 10.7. The van der Waals surface area contributed by atoms with Gasteiger partial charge in [0.15, 0.2) is 0 Å². The minimum atomic E-state index is -0.306. The summed E-state index contributed by atoms with van der Waals surface area (Å²) in [6.07, 6.45) is 5.10. The van der Waals surface area contributed by atoms with Crippen LogP contribution in [0.4, 0.5) is 0 Å². The van der Waals surface area contributed by atoms with Crippen molar-refractivity contribution in [3.8, 4) is 0 Å². The summed E-state index contributed by atoms with van der Waals surface area (Å²) in [7, 11) is 3.39. The fourth-order valence-corrected chi connectivity index (χ4v) is 2.68. The minimum absolute atomic E-state index is 0.286. The van der Waals surface area contributed by atoms with E-state index in [9.17, 15) is 4.79 Å². The van der Waals surface area contributed by atoms with Gasteiger partial charge < -0.3 is 14.8 Å². The van der Waals surface area contributed by atoms with Gasteiger partial charge in [0.25, 0.3) is 0 Å². The molecule has 4 heteroatoms. The first kappa shape index (κ1) is 15.0. The molecule has 2 rings (SSSR count). The summed E-state index contributed by atoms with van der Waals surface area (Å²) in [4.78, 5) is 11.4. The van der Waals surface area contributed by atoms with E-state index in [1.54, 1.807) is 12.1 Å². The molecule has 0 bridgehead atoms. The molecule has 4 nitrogen and oxygen atoms in total. The van der Waals surface area contributed by atoms with Gasteiger partial charge in [0.05, 0.1) is 25.4 Å². The van der Waals surface area contributed by atoms with Crippen LogP contribution in [-0.2, 0) is 16.1 Å². The van der Waals surface area contributed by atoms with Crippen molar-refractivity contribution >= 4 is 5.97 Å². The van der Waals surface area contributed by atoms with Crippen LogP contribution in [0.15, 0.2) is 24.3 Å². The number of carbonyl (C=O) groups is 1. The normalized spacial score (nSPS) is 22.5. The van der Waals surface area contributed by atoms with Gasteiger partial charge in [-0.15, -0.1) is 0 Å². The second-order valence-electron chi connectivity index (χ2n) is 5.22. The Kier molecular flexibility index (Phi) is 5.56. The Bertz CT molecular complexity index is 430. The standard InChI is InChI=1S/C16H23NO3/c1-17-14-5-3-4-6-15(14)20-11-12-7-9-13(10-8-12)16(18)19-2/h7-10,14-15,17H,3-6,11H2,1-2H3. The second-order valence-corrected chi connectivity index (χ2v) is 5.22. The van der Waals surface area contributed by atoms with Gasteiger partial charge >= 0.3 is 5.97 Å². The number of hydrogen-bond acceptors (Lipinski definition) is 4. The lowest BCUT2D eigenvalue weighted by atomic mass is 9.92. The van der Waals surface area contributed by atoms with E-state index in [0.717, 1.165) is 12.0 Å². The van der Waals surface area contributed by atoms with E-state index >= 15 is 0 Å². The molecule has 1 aromatic rings. The average Bonchev–Trinajstić information content (AvgIpc) is 2.53. The van der Waals surface area contributed by atoms with Crippen LogP contribution in [0.25, 0.3) is 0 Å². The number of ether oxygens (including phenoxy) is 2. The van der Waals surface area contributed by atoms with Crippen molar-refractivity contribution in [2.24, 2.45) is 0 Å². The monoisotopic (exact) mass is 277 g/mol. The number of carbonyl (C=O) groups excluding carboxylic acids is 1. The third kappa shape index (κ3) is 3.81. The lowest BCUT2D eigenvalue weighted by Gasteiger charge is -2.31. The van der Waals surface area contributed by atoms with Gasteiger partial charge in [0.1, 0.15) is 0 Å². The molecule has 0 aliphatic heterocycles. The zero-order valence-corrected chi connectivity index (χ0v) is 12.2. The largest absolute Gasteiger partial charge is 0.465 e. The zero-order valence-electron chi connectivity index (χ0n) is 12.2. The van der Waals surface area contributed by atoms with E-state index in [0.29, 0.717) is 18.2 Å². The molecule has 1 saturated carbocycles. The van der Waals surface area contributed by atoms with Gasteiger partial charge in [-0.05, 0) is 37.6 Å². The molecule has 1 fully saturated rings. The molecule has 1 aromatic carbocycles. The number of likely N-dealkylation sites (N-methyl/N-ethyl adjacent to an activating group) is 1. The highest BCUT2D eigenvalue weighted by atomic mass is 16.5. The van der Waals surface area contributed by atoms with Crippen molar-refractivity contribution in [1.29, 1.82) is 0 Å². The first-order valence-corrected chi connectivity index (χ1v) is 7.20. The smallest absolute Gasteiger partial charge is 0.337 e. The number of nitrogens with one attached hydrogen (secondary N) is 1. The maximum Gasteiger partial charge on any atom is 0.337 e. The molecule has 0 amide bonds. The summed E-state index contributed by atoms with van der Waals surface area (Å²) in [5.74, 6) is -0.306.